The molecule has 0 saturated heterocycles. The van der Waals surface area contributed by atoms with Gasteiger partial charge in [-0.05, 0) is 24.6 Å². The Bertz CT molecular complexity index is 1020. The molecule has 1 atom stereocenters. The highest BCUT2D eigenvalue weighted by atomic mass is 19.4. The second kappa shape index (κ2) is 9.00. The second-order valence-electron chi connectivity index (χ2n) is 6.05. The van der Waals surface area contributed by atoms with Gasteiger partial charge in [-0.15, -0.1) is 0 Å². The fourth-order valence-corrected chi connectivity index (χ4v) is 2.53. The third kappa shape index (κ3) is 4.74. The number of rotatable bonds is 7. The van der Waals surface area contributed by atoms with Gasteiger partial charge in [-0.3, -0.25) is 15.1 Å². The van der Waals surface area contributed by atoms with E-state index in [1.807, 2.05) is 0 Å². The van der Waals surface area contributed by atoms with Crippen LogP contribution in [0.4, 0.5) is 24.5 Å². The number of ether oxygens (including phenoxy) is 2. The molecule has 166 valence electrons. The van der Waals surface area contributed by atoms with Gasteiger partial charge in [0.15, 0.2) is 0 Å². The first kappa shape index (κ1) is 23.6. The van der Waals surface area contributed by atoms with E-state index in [4.69, 9.17) is 4.74 Å². The minimum atomic E-state index is -5.39. The van der Waals surface area contributed by atoms with Crippen LogP contribution in [0.5, 0.6) is 11.5 Å². The van der Waals surface area contributed by atoms with Gasteiger partial charge in [-0.1, -0.05) is 17.9 Å². The largest absolute Gasteiger partial charge is 0.872 e. The van der Waals surface area contributed by atoms with E-state index in [0.29, 0.717) is 0 Å². The third-order valence-electron chi connectivity index (χ3n) is 4.13. The molecule has 0 aromatic heterocycles. The standard InChI is InChI=1S/C19H17F3N2O7/c1-3-31-17(26)18(27,19(20,21)22)12-4-6-14(16(9-12)30-2)23-10-11-8-13(24(28)29)5-7-15(11)25/h4-10,25,27H,3H2,1-2H3/p-1/t18-/m1/s1. The van der Waals surface area contributed by atoms with Crippen molar-refractivity contribution in [2.45, 2.75) is 18.7 Å². The van der Waals surface area contributed by atoms with Crippen LogP contribution in [-0.4, -0.2) is 42.1 Å². The molecule has 0 spiro atoms. The molecule has 0 radical (unpaired) electrons. The van der Waals surface area contributed by atoms with Gasteiger partial charge < -0.3 is 19.7 Å². The van der Waals surface area contributed by atoms with E-state index in [1.165, 1.54) is 6.92 Å². The van der Waals surface area contributed by atoms with Gasteiger partial charge in [0.25, 0.3) is 11.3 Å². The van der Waals surface area contributed by atoms with E-state index in [9.17, 15) is 38.3 Å². The third-order valence-corrected chi connectivity index (χ3v) is 4.13. The molecule has 2 aromatic rings. The van der Waals surface area contributed by atoms with Gasteiger partial charge in [0.05, 0.1) is 18.6 Å². The van der Waals surface area contributed by atoms with Crippen molar-refractivity contribution in [2.24, 2.45) is 4.99 Å². The Morgan fingerprint density at radius 3 is 2.48 bits per heavy atom. The number of carbonyl (C=O) groups is 1. The zero-order valence-electron chi connectivity index (χ0n) is 16.2. The van der Waals surface area contributed by atoms with Crippen LogP contribution in [-0.2, 0) is 15.1 Å². The van der Waals surface area contributed by atoms with Crippen molar-refractivity contribution < 1.29 is 42.6 Å². The van der Waals surface area contributed by atoms with Crippen LogP contribution in [0.2, 0.25) is 0 Å². The number of aliphatic hydroxyl groups is 1. The smallest absolute Gasteiger partial charge is 0.432 e. The summed E-state index contributed by atoms with van der Waals surface area (Å²) in [5, 5.41) is 32.8. The Morgan fingerprint density at radius 1 is 1.26 bits per heavy atom. The molecular formula is C19H16F3N2O7-. The highest BCUT2D eigenvalue weighted by molar-refractivity contribution is 5.87. The Hall–Kier alpha value is -3.67. The molecule has 0 fully saturated rings. The molecule has 0 aliphatic carbocycles. The summed E-state index contributed by atoms with van der Waals surface area (Å²) in [7, 11) is 1.11. The molecule has 2 aromatic carbocycles. The summed E-state index contributed by atoms with van der Waals surface area (Å²) in [6, 6.07) is 5.54. The number of nitrogens with zero attached hydrogens (tertiary/aromatic N) is 2. The lowest BCUT2D eigenvalue weighted by Gasteiger charge is -2.28. The molecule has 0 aliphatic heterocycles. The van der Waals surface area contributed by atoms with Gasteiger partial charge in [-0.2, -0.15) is 13.2 Å². The van der Waals surface area contributed by atoms with E-state index in [2.05, 4.69) is 9.73 Å². The molecule has 12 heteroatoms. The lowest BCUT2D eigenvalue weighted by atomic mass is 9.92. The maximum atomic E-state index is 13.5. The molecule has 0 heterocycles. The average Bonchev–Trinajstić information content (AvgIpc) is 2.71. The summed E-state index contributed by atoms with van der Waals surface area (Å²) in [6.07, 6.45) is -4.41. The van der Waals surface area contributed by atoms with Crippen LogP contribution >= 0.6 is 0 Å². The summed E-state index contributed by atoms with van der Waals surface area (Å²) < 4.78 is 49.9. The van der Waals surface area contributed by atoms with Gasteiger partial charge >= 0.3 is 12.1 Å². The highest BCUT2D eigenvalue weighted by Gasteiger charge is 2.62. The summed E-state index contributed by atoms with van der Waals surface area (Å²) in [6.45, 7) is 0.892. The number of aliphatic imine (C=N–C) groups is 1. The Morgan fingerprint density at radius 2 is 1.94 bits per heavy atom. The van der Waals surface area contributed by atoms with Crippen molar-refractivity contribution in [1.29, 1.82) is 0 Å². The summed E-state index contributed by atoms with van der Waals surface area (Å²) >= 11 is 0. The quantitative estimate of drug-likeness (QED) is 0.302. The molecule has 0 bridgehead atoms. The number of halogens is 3. The van der Waals surface area contributed by atoms with Crippen molar-refractivity contribution >= 4 is 23.6 Å². The number of alkyl halides is 3. The molecule has 0 aliphatic rings. The average molecular weight is 441 g/mol. The van der Waals surface area contributed by atoms with E-state index < -0.39 is 40.6 Å². The number of esters is 1. The van der Waals surface area contributed by atoms with E-state index in [1.54, 1.807) is 0 Å². The number of hydrogen-bond donors (Lipinski definition) is 1. The van der Waals surface area contributed by atoms with Crippen molar-refractivity contribution in [1.82, 2.24) is 0 Å². The number of benzene rings is 2. The molecule has 31 heavy (non-hydrogen) atoms. The Kier molecular flexibility index (Phi) is 6.85. The Labute approximate surface area is 173 Å². The van der Waals surface area contributed by atoms with E-state index in [-0.39, 0.29) is 22.7 Å². The van der Waals surface area contributed by atoms with Crippen LogP contribution in [0.15, 0.2) is 41.4 Å². The topological polar surface area (TPSA) is 134 Å². The van der Waals surface area contributed by atoms with Crippen LogP contribution < -0.4 is 9.84 Å². The number of methoxy groups -OCH3 is 1. The summed E-state index contributed by atoms with van der Waals surface area (Å²) in [4.78, 5) is 25.9. The summed E-state index contributed by atoms with van der Waals surface area (Å²) in [5.74, 6) is -2.74. The Balaban J connectivity index is 2.50. The van der Waals surface area contributed by atoms with Crippen molar-refractivity contribution in [3.05, 3.63) is 57.6 Å². The summed E-state index contributed by atoms with van der Waals surface area (Å²) in [5.41, 5.74) is -5.37. The minimum absolute atomic E-state index is 0.0643. The van der Waals surface area contributed by atoms with Gasteiger partial charge in [-0.25, -0.2) is 4.79 Å². The molecule has 1 N–H and O–H groups in total. The van der Waals surface area contributed by atoms with Crippen LogP contribution in [0.1, 0.15) is 18.1 Å². The lowest BCUT2D eigenvalue weighted by molar-refractivity contribution is -0.385. The number of hydrogen-bond acceptors (Lipinski definition) is 8. The van der Waals surface area contributed by atoms with Crippen LogP contribution in [0.3, 0.4) is 0 Å². The normalized spacial score (nSPS) is 13.6. The fourth-order valence-electron chi connectivity index (χ4n) is 2.53. The monoisotopic (exact) mass is 441 g/mol. The van der Waals surface area contributed by atoms with Gasteiger partial charge in [0, 0.05) is 23.9 Å². The predicted octanol–water partition coefficient (Wildman–Crippen LogP) is 2.74. The van der Waals surface area contributed by atoms with E-state index in [0.717, 1.165) is 49.7 Å². The fraction of sp³-hybridized carbons (Fsp3) is 0.263. The number of non-ortho nitro benzene ring substituents is 1. The molecule has 0 amide bonds. The van der Waals surface area contributed by atoms with Crippen molar-refractivity contribution in [3.63, 3.8) is 0 Å². The zero-order valence-corrected chi connectivity index (χ0v) is 16.2. The molecule has 0 unspecified atom stereocenters. The molecule has 9 nitrogen and oxygen atoms in total. The van der Waals surface area contributed by atoms with Crippen molar-refractivity contribution in [2.75, 3.05) is 13.7 Å². The van der Waals surface area contributed by atoms with E-state index >= 15 is 0 Å². The predicted molar refractivity (Wildman–Crippen MR) is 99.4 cm³/mol. The number of carbonyl (C=O) groups excluding carboxylic acids is 1. The molecule has 2 rings (SSSR count). The first-order valence-corrected chi connectivity index (χ1v) is 8.60. The zero-order chi connectivity index (χ0) is 23.4. The molecular weight excluding hydrogens is 425 g/mol. The number of nitro benzene ring substituents is 1. The van der Waals surface area contributed by atoms with Gasteiger partial charge in [0.2, 0.25) is 0 Å². The second-order valence-corrected chi connectivity index (χ2v) is 6.05. The SMILES string of the molecule is CCOC(=O)[C@](O)(c1ccc(N=Cc2cc([N+](=O)[O-])ccc2[O-])c(OC)c1)C(F)(F)F. The lowest BCUT2D eigenvalue weighted by Crippen LogP contribution is -2.50. The van der Waals surface area contributed by atoms with Crippen molar-refractivity contribution in [3.8, 4) is 11.5 Å². The first-order valence-electron chi connectivity index (χ1n) is 8.60. The number of nitro groups is 1. The van der Waals surface area contributed by atoms with Gasteiger partial charge in [0.1, 0.15) is 11.4 Å². The highest BCUT2D eigenvalue weighted by Crippen LogP contribution is 2.42. The maximum Gasteiger partial charge on any atom is 0.432 e. The maximum absolute atomic E-state index is 13.5. The molecule has 0 saturated carbocycles. The van der Waals surface area contributed by atoms with Crippen LogP contribution in [0, 0.1) is 10.1 Å². The van der Waals surface area contributed by atoms with Crippen LogP contribution in [0.25, 0.3) is 0 Å². The first-order chi connectivity index (χ1) is 14.4. The minimum Gasteiger partial charge on any atom is -0.872 e.